The Hall–Kier alpha value is 0.01000. The first-order valence-corrected chi connectivity index (χ1v) is 10.3. The largest absolute Gasteiger partial charge is 0.356 e. The van der Waals surface area contributed by atoms with Crippen molar-refractivity contribution in [2.75, 3.05) is 45.2 Å². The molecule has 1 aromatic rings. The molecule has 4 nitrogen and oxygen atoms in total. The Morgan fingerprint density at radius 3 is 2.78 bits per heavy atom. The Morgan fingerprint density at radius 2 is 2.17 bits per heavy atom. The number of hydrogen-bond donors (Lipinski definition) is 2. The highest BCUT2D eigenvalue weighted by Crippen LogP contribution is 2.20. The normalized spacial score (nSPS) is 16.9. The lowest BCUT2D eigenvalue weighted by Gasteiger charge is -2.32. The third-order valence-corrected chi connectivity index (χ3v) is 5.52. The molecule has 2 rings (SSSR count). The summed E-state index contributed by atoms with van der Waals surface area (Å²) in [6.07, 6.45) is 4.68. The Kier molecular flexibility index (Phi) is 11.3. The van der Waals surface area contributed by atoms with Crippen molar-refractivity contribution in [1.29, 1.82) is 0 Å². The first-order valence-electron chi connectivity index (χ1n) is 8.00. The molecule has 0 atom stereocenters. The molecule has 0 amide bonds. The first-order chi connectivity index (χ1) is 10.8. The van der Waals surface area contributed by atoms with Crippen LogP contribution in [0.3, 0.4) is 0 Å². The van der Waals surface area contributed by atoms with Crippen LogP contribution in [0.2, 0.25) is 0 Å². The molecule has 1 fully saturated rings. The van der Waals surface area contributed by atoms with Crippen LogP contribution < -0.4 is 10.6 Å². The number of nitrogens with zero attached hydrogens (tertiary/aromatic N) is 2. The second kappa shape index (κ2) is 12.4. The lowest BCUT2D eigenvalue weighted by molar-refractivity contribution is 0.179. The molecule has 0 aromatic carbocycles. The molecule has 2 N–H and O–H groups in total. The monoisotopic (exact) mass is 468 g/mol. The lowest BCUT2D eigenvalue weighted by Crippen LogP contribution is -2.43. The van der Waals surface area contributed by atoms with Crippen LogP contribution in [-0.2, 0) is 6.54 Å². The fourth-order valence-corrected chi connectivity index (χ4v) is 3.76. The molecular formula is C16H29IN4S2. The van der Waals surface area contributed by atoms with Gasteiger partial charge in [0.05, 0.1) is 0 Å². The van der Waals surface area contributed by atoms with E-state index in [0.29, 0.717) is 0 Å². The van der Waals surface area contributed by atoms with Crippen molar-refractivity contribution in [1.82, 2.24) is 15.5 Å². The Labute approximate surface area is 165 Å². The second-order valence-electron chi connectivity index (χ2n) is 5.67. The maximum absolute atomic E-state index is 4.29. The highest BCUT2D eigenvalue weighted by atomic mass is 127. The number of halogens is 1. The van der Waals surface area contributed by atoms with Gasteiger partial charge >= 0.3 is 0 Å². The molecule has 0 unspecified atom stereocenters. The summed E-state index contributed by atoms with van der Waals surface area (Å²) in [5, 5.41) is 9.00. The minimum Gasteiger partial charge on any atom is -0.356 e. The summed E-state index contributed by atoms with van der Waals surface area (Å²) in [7, 11) is 1.85. The van der Waals surface area contributed by atoms with Crippen LogP contribution in [0.4, 0.5) is 0 Å². The van der Waals surface area contributed by atoms with E-state index in [0.717, 1.165) is 37.3 Å². The zero-order chi connectivity index (χ0) is 15.6. The topological polar surface area (TPSA) is 39.7 Å². The van der Waals surface area contributed by atoms with Gasteiger partial charge in [0.15, 0.2) is 5.96 Å². The van der Waals surface area contributed by atoms with Gasteiger partial charge in [-0.1, -0.05) is 6.07 Å². The number of nitrogens with one attached hydrogen (secondary N) is 2. The van der Waals surface area contributed by atoms with Crippen molar-refractivity contribution in [2.24, 2.45) is 10.9 Å². The zero-order valence-electron chi connectivity index (χ0n) is 14.1. The molecule has 1 saturated heterocycles. The van der Waals surface area contributed by atoms with Gasteiger partial charge in [0.25, 0.3) is 0 Å². The number of guanidine groups is 1. The number of hydrogen-bond acceptors (Lipinski definition) is 4. The molecule has 1 aromatic heterocycles. The summed E-state index contributed by atoms with van der Waals surface area (Å²) < 4.78 is 0. The van der Waals surface area contributed by atoms with E-state index in [2.05, 4.69) is 44.3 Å². The van der Waals surface area contributed by atoms with Crippen LogP contribution >= 0.6 is 47.1 Å². The maximum atomic E-state index is 4.29. The highest BCUT2D eigenvalue weighted by molar-refractivity contribution is 14.0. The molecular weight excluding hydrogens is 439 g/mol. The molecule has 1 aliphatic heterocycles. The number of rotatable bonds is 7. The van der Waals surface area contributed by atoms with Crippen molar-refractivity contribution in [2.45, 2.75) is 19.4 Å². The van der Waals surface area contributed by atoms with Crippen LogP contribution in [0.25, 0.3) is 0 Å². The molecule has 0 spiro atoms. The molecule has 0 radical (unpaired) electrons. The van der Waals surface area contributed by atoms with E-state index in [1.54, 1.807) is 0 Å². The van der Waals surface area contributed by atoms with Crippen LogP contribution in [-0.4, -0.2) is 56.1 Å². The summed E-state index contributed by atoms with van der Waals surface area (Å²) in [5.41, 5.74) is 0. The van der Waals surface area contributed by atoms with E-state index in [1.807, 2.05) is 30.1 Å². The zero-order valence-corrected chi connectivity index (χ0v) is 18.0. The van der Waals surface area contributed by atoms with Gasteiger partial charge in [-0.3, -0.25) is 9.89 Å². The average molecular weight is 468 g/mol. The summed E-state index contributed by atoms with van der Waals surface area (Å²) in [6, 6.07) is 4.38. The second-order valence-corrected chi connectivity index (χ2v) is 7.69. The number of piperidine rings is 1. The number of thioether (sulfide) groups is 1. The van der Waals surface area contributed by atoms with Gasteiger partial charge < -0.3 is 10.6 Å². The van der Waals surface area contributed by atoms with Crippen LogP contribution in [0.15, 0.2) is 22.5 Å². The van der Waals surface area contributed by atoms with Gasteiger partial charge in [-0.2, -0.15) is 11.8 Å². The predicted octanol–water partition coefficient (Wildman–Crippen LogP) is 3.11. The third kappa shape index (κ3) is 8.09. The van der Waals surface area contributed by atoms with Gasteiger partial charge in [0.2, 0.25) is 0 Å². The van der Waals surface area contributed by atoms with E-state index in [9.17, 15) is 0 Å². The van der Waals surface area contributed by atoms with E-state index in [4.69, 9.17) is 0 Å². The quantitative estimate of drug-likeness (QED) is 0.279. The van der Waals surface area contributed by atoms with Gasteiger partial charge in [-0.15, -0.1) is 35.3 Å². The number of likely N-dealkylation sites (tertiary alicyclic amines) is 1. The van der Waals surface area contributed by atoms with Crippen LogP contribution in [0, 0.1) is 5.92 Å². The predicted molar refractivity (Wildman–Crippen MR) is 115 cm³/mol. The molecule has 1 aliphatic rings. The fraction of sp³-hybridized carbons (Fsp3) is 0.688. The molecule has 0 saturated carbocycles. The van der Waals surface area contributed by atoms with E-state index in [1.165, 1.54) is 30.8 Å². The summed E-state index contributed by atoms with van der Waals surface area (Å²) in [4.78, 5) is 8.34. The molecule has 7 heteroatoms. The number of aliphatic imine (C=N–C) groups is 1. The summed E-state index contributed by atoms with van der Waals surface area (Å²) in [6.45, 7) is 5.55. The van der Waals surface area contributed by atoms with E-state index >= 15 is 0 Å². The SMILES string of the molecule is CN=C(NCCSC)NCC1CCN(Cc2cccs2)CC1.I. The minimum atomic E-state index is 0. The first kappa shape index (κ1) is 21.1. The van der Waals surface area contributed by atoms with Crippen molar-refractivity contribution >= 4 is 53.0 Å². The fourth-order valence-electron chi connectivity index (χ4n) is 2.70. The van der Waals surface area contributed by atoms with Gasteiger partial charge in [-0.25, -0.2) is 0 Å². The number of thiophene rings is 1. The molecule has 132 valence electrons. The summed E-state index contributed by atoms with van der Waals surface area (Å²) >= 11 is 3.72. The lowest BCUT2D eigenvalue weighted by atomic mass is 9.97. The van der Waals surface area contributed by atoms with Crippen molar-refractivity contribution < 1.29 is 0 Å². The van der Waals surface area contributed by atoms with Gasteiger partial charge in [0, 0.05) is 37.3 Å². The van der Waals surface area contributed by atoms with E-state index in [-0.39, 0.29) is 24.0 Å². The van der Waals surface area contributed by atoms with E-state index < -0.39 is 0 Å². The maximum Gasteiger partial charge on any atom is 0.191 e. The van der Waals surface area contributed by atoms with Crippen molar-refractivity contribution in [3.63, 3.8) is 0 Å². The Bertz CT molecular complexity index is 431. The Balaban J connectivity index is 0.00000264. The van der Waals surface area contributed by atoms with Crippen LogP contribution in [0.5, 0.6) is 0 Å². The van der Waals surface area contributed by atoms with Gasteiger partial charge in [-0.05, 0) is 49.6 Å². The molecule has 2 heterocycles. The smallest absolute Gasteiger partial charge is 0.191 e. The van der Waals surface area contributed by atoms with Crippen molar-refractivity contribution in [3.05, 3.63) is 22.4 Å². The third-order valence-electron chi connectivity index (χ3n) is 4.05. The van der Waals surface area contributed by atoms with Crippen LogP contribution in [0.1, 0.15) is 17.7 Å². The molecule has 0 aliphatic carbocycles. The average Bonchev–Trinajstić information content (AvgIpc) is 3.05. The highest BCUT2D eigenvalue weighted by Gasteiger charge is 2.19. The Morgan fingerprint density at radius 1 is 1.39 bits per heavy atom. The minimum absolute atomic E-state index is 0. The standard InChI is InChI=1S/C16H28N4S2.HI/c1-17-16(18-7-11-21-2)19-12-14-5-8-20(9-6-14)13-15-4-3-10-22-15;/h3-4,10,14H,5-9,11-13H2,1-2H3,(H2,17,18,19);1H. The molecule has 23 heavy (non-hydrogen) atoms. The van der Waals surface area contributed by atoms with Gasteiger partial charge in [0.1, 0.15) is 0 Å². The van der Waals surface area contributed by atoms with Crippen molar-refractivity contribution in [3.8, 4) is 0 Å². The summed E-state index contributed by atoms with van der Waals surface area (Å²) in [5.74, 6) is 2.82. The molecule has 0 bridgehead atoms.